The molecule has 0 spiro atoms. The first-order valence-electron chi connectivity index (χ1n) is 6.21. The lowest BCUT2D eigenvalue weighted by Gasteiger charge is -2.08. The number of anilines is 1. The Morgan fingerprint density at radius 3 is 2.55 bits per heavy atom. The molecular formula is C15H16N2O3. The van der Waals surface area contributed by atoms with Gasteiger partial charge in [-0.05, 0) is 36.2 Å². The molecule has 2 aromatic rings. The second kappa shape index (κ2) is 5.97. The molecule has 2 aromatic carbocycles. The smallest absolute Gasteiger partial charge is 0.253 e. The molecule has 0 saturated heterocycles. The lowest BCUT2D eigenvalue weighted by molar-refractivity contribution is 0.0955. The van der Waals surface area contributed by atoms with E-state index in [-0.39, 0.29) is 17.4 Å². The van der Waals surface area contributed by atoms with E-state index in [1.807, 2.05) is 0 Å². The molecule has 0 aliphatic rings. The first-order chi connectivity index (χ1) is 9.58. The Balaban J connectivity index is 1.91. The second-order valence-electron chi connectivity index (χ2n) is 4.42. The fraction of sp³-hybridized carbons (Fsp3) is 0.133. The van der Waals surface area contributed by atoms with Crippen molar-refractivity contribution in [1.29, 1.82) is 0 Å². The van der Waals surface area contributed by atoms with Gasteiger partial charge in [0.2, 0.25) is 0 Å². The number of benzene rings is 2. The standard InChI is InChI=1S/C15H16N2O3/c16-12-4-2-1-3-11(12)15(20)17-8-7-10-5-6-13(18)14(19)9-10/h1-6,9,18-19H,7-8,16H2,(H,17,20). The van der Waals surface area contributed by atoms with Gasteiger partial charge >= 0.3 is 0 Å². The minimum atomic E-state index is -0.230. The van der Waals surface area contributed by atoms with Crippen molar-refractivity contribution in [3.8, 4) is 11.5 Å². The van der Waals surface area contributed by atoms with Gasteiger partial charge in [0.15, 0.2) is 11.5 Å². The monoisotopic (exact) mass is 272 g/mol. The number of aromatic hydroxyl groups is 2. The van der Waals surface area contributed by atoms with E-state index in [1.165, 1.54) is 12.1 Å². The fourth-order valence-electron chi connectivity index (χ4n) is 1.84. The third kappa shape index (κ3) is 3.20. The molecule has 5 nitrogen and oxygen atoms in total. The predicted octanol–water partition coefficient (Wildman–Crippen LogP) is 1.65. The van der Waals surface area contributed by atoms with Crippen LogP contribution in [0.2, 0.25) is 0 Å². The molecule has 0 heterocycles. The van der Waals surface area contributed by atoms with Crippen LogP contribution in [0.4, 0.5) is 5.69 Å². The Hall–Kier alpha value is -2.69. The lowest BCUT2D eigenvalue weighted by atomic mass is 10.1. The Kier molecular flexibility index (Phi) is 4.10. The van der Waals surface area contributed by atoms with Crippen LogP contribution in [0.5, 0.6) is 11.5 Å². The van der Waals surface area contributed by atoms with E-state index >= 15 is 0 Å². The van der Waals surface area contributed by atoms with Crippen LogP contribution in [0.3, 0.4) is 0 Å². The summed E-state index contributed by atoms with van der Waals surface area (Å²) in [5, 5.41) is 21.3. The van der Waals surface area contributed by atoms with E-state index in [0.717, 1.165) is 5.56 Å². The maximum Gasteiger partial charge on any atom is 0.253 e. The molecule has 0 bridgehead atoms. The van der Waals surface area contributed by atoms with Crippen LogP contribution in [-0.2, 0) is 6.42 Å². The molecule has 0 atom stereocenters. The van der Waals surface area contributed by atoms with Gasteiger partial charge in [-0.3, -0.25) is 4.79 Å². The summed E-state index contributed by atoms with van der Waals surface area (Å²) in [4.78, 5) is 11.9. The normalized spacial score (nSPS) is 10.2. The van der Waals surface area contributed by atoms with E-state index in [9.17, 15) is 15.0 Å². The molecule has 20 heavy (non-hydrogen) atoms. The zero-order valence-corrected chi connectivity index (χ0v) is 10.8. The van der Waals surface area contributed by atoms with Crippen LogP contribution < -0.4 is 11.1 Å². The number of hydrogen-bond donors (Lipinski definition) is 4. The maximum absolute atomic E-state index is 11.9. The van der Waals surface area contributed by atoms with Gasteiger partial charge in [-0.1, -0.05) is 18.2 Å². The molecule has 104 valence electrons. The number of nitrogens with two attached hydrogens (primary N) is 1. The molecule has 0 aliphatic heterocycles. The molecule has 0 radical (unpaired) electrons. The summed E-state index contributed by atoms with van der Waals surface area (Å²) in [7, 11) is 0. The number of hydrogen-bond acceptors (Lipinski definition) is 4. The summed E-state index contributed by atoms with van der Waals surface area (Å²) in [5.74, 6) is -0.554. The van der Waals surface area contributed by atoms with Crippen molar-refractivity contribution in [2.24, 2.45) is 0 Å². The minimum absolute atomic E-state index is 0.158. The molecule has 0 unspecified atom stereocenters. The van der Waals surface area contributed by atoms with Crippen LogP contribution in [0.15, 0.2) is 42.5 Å². The maximum atomic E-state index is 11.9. The van der Waals surface area contributed by atoms with Crippen LogP contribution in [-0.4, -0.2) is 22.7 Å². The number of rotatable bonds is 4. The highest BCUT2D eigenvalue weighted by Crippen LogP contribution is 2.24. The second-order valence-corrected chi connectivity index (χ2v) is 4.42. The quantitative estimate of drug-likeness (QED) is 0.502. The molecule has 0 saturated carbocycles. The molecule has 0 fully saturated rings. The topological polar surface area (TPSA) is 95.6 Å². The number of carbonyl (C=O) groups excluding carboxylic acids is 1. The molecule has 0 aliphatic carbocycles. The summed E-state index contributed by atoms with van der Waals surface area (Å²) in [6.45, 7) is 0.414. The summed E-state index contributed by atoms with van der Waals surface area (Å²) in [5.41, 5.74) is 7.42. The average Bonchev–Trinajstić information content (AvgIpc) is 2.43. The zero-order chi connectivity index (χ0) is 14.5. The fourth-order valence-corrected chi connectivity index (χ4v) is 1.84. The molecule has 0 aromatic heterocycles. The van der Waals surface area contributed by atoms with E-state index in [1.54, 1.807) is 30.3 Å². The first-order valence-corrected chi connectivity index (χ1v) is 6.21. The highest BCUT2D eigenvalue weighted by molar-refractivity contribution is 5.99. The van der Waals surface area contributed by atoms with Crippen LogP contribution in [0, 0.1) is 0 Å². The van der Waals surface area contributed by atoms with E-state index < -0.39 is 0 Å². The number of nitrogen functional groups attached to an aromatic ring is 1. The third-order valence-electron chi connectivity index (χ3n) is 2.94. The summed E-state index contributed by atoms with van der Waals surface area (Å²) in [6, 6.07) is 11.4. The largest absolute Gasteiger partial charge is 0.504 e. The number of carbonyl (C=O) groups is 1. The van der Waals surface area contributed by atoms with E-state index in [0.29, 0.717) is 24.2 Å². The zero-order valence-electron chi connectivity index (χ0n) is 10.8. The number of amides is 1. The van der Waals surface area contributed by atoms with Gasteiger partial charge in [0.25, 0.3) is 5.91 Å². The Bertz CT molecular complexity index is 626. The van der Waals surface area contributed by atoms with Crippen LogP contribution in [0.1, 0.15) is 15.9 Å². The van der Waals surface area contributed by atoms with Gasteiger partial charge in [-0.2, -0.15) is 0 Å². The van der Waals surface area contributed by atoms with Crippen molar-refractivity contribution >= 4 is 11.6 Å². The van der Waals surface area contributed by atoms with Crippen molar-refractivity contribution in [3.63, 3.8) is 0 Å². The highest BCUT2D eigenvalue weighted by Gasteiger charge is 2.08. The highest BCUT2D eigenvalue weighted by atomic mass is 16.3. The number of phenolic OH excluding ortho intramolecular Hbond substituents is 2. The van der Waals surface area contributed by atoms with Crippen molar-refractivity contribution < 1.29 is 15.0 Å². The first kappa shape index (κ1) is 13.7. The Labute approximate surface area is 116 Å². The van der Waals surface area contributed by atoms with Gasteiger partial charge in [0.05, 0.1) is 5.56 Å². The van der Waals surface area contributed by atoms with Crippen molar-refractivity contribution in [2.45, 2.75) is 6.42 Å². The van der Waals surface area contributed by atoms with Gasteiger partial charge in [0, 0.05) is 12.2 Å². The van der Waals surface area contributed by atoms with Gasteiger partial charge in [0.1, 0.15) is 0 Å². The van der Waals surface area contributed by atoms with Crippen molar-refractivity contribution in [3.05, 3.63) is 53.6 Å². The Morgan fingerprint density at radius 2 is 1.85 bits per heavy atom. The lowest BCUT2D eigenvalue weighted by Crippen LogP contribution is -2.26. The van der Waals surface area contributed by atoms with E-state index in [4.69, 9.17) is 5.73 Å². The van der Waals surface area contributed by atoms with Crippen LogP contribution >= 0.6 is 0 Å². The average molecular weight is 272 g/mol. The number of nitrogens with one attached hydrogen (secondary N) is 1. The van der Waals surface area contributed by atoms with Gasteiger partial charge in [-0.15, -0.1) is 0 Å². The molecule has 5 N–H and O–H groups in total. The number of phenols is 2. The predicted molar refractivity (Wildman–Crippen MR) is 76.7 cm³/mol. The van der Waals surface area contributed by atoms with Crippen LogP contribution in [0.25, 0.3) is 0 Å². The number of para-hydroxylation sites is 1. The van der Waals surface area contributed by atoms with E-state index in [2.05, 4.69) is 5.32 Å². The molecule has 5 heteroatoms. The third-order valence-corrected chi connectivity index (χ3v) is 2.94. The van der Waals surface area contributed by atoms with Gasteiger partial charge < -0.3 is 21.3 Å². The SMILES string of the molecule is Nc1ccccc1C(=O)NCCc1ccc(O)c(O)c1. The molecule has 1 amide bonds. The summed E-state index contributed by atoms with van der Waals surface area (Å²) in [6.07, 6.45) is 0.548. The molecule has 2 rings (SSSR count). The van der Waals surface area contributed by atoms with Crippen molar-refractivity contribution in [1.82, 2.24) is 5.32 Å². The van der Waals surface area contributed by atoms with Gasteiger partial charge in [-0.25, -0.2) is 0 Å². The summed E-state index contributed by atoms with van der Waals surface area (Å²) >= 11 is 0. The summed E-state index contributed by atoms with van der Waals surface area (Å²) < 4.78 is 0. The minimum Gasteiger partial charge on any atom is -0.504 e. The van der Waals surface area contributed by atoms with Crippen molar-refractivity contribution in [2.75, 3.05) is 12.3 Å². The Morgan fingerprint density at radius 1 is 1.10 bits per heavy atom. The molecular weight excluding hydrogens is 256 g/mol.